The zero-order valence-corrected chi connectivity index (χ0v) is 23.4. The lowest BCUT2D eigenvalue weighted by atomic mass is 10.1. The van der Waals surface area contributed by atoms with Crippen LogP contribution in [0.3, 0.4) is 0 Å². The minimum Gasteiger partial charge on any atom is -0.494 e. The van der Waals surface area contributed by atoms with Crippen LogP contribution in [-0.4, -0.2) is 67.2 Å². The van der Waals surface area contributed by atoms with Crippen LogP contribution in [0, 0.1) is 0 Å². The van der Waals surface area contributed by atoms with Crippen molar-refractivity contribution in [3.8, 4) is 16.3 Å². The van der Waals surface area contributed by atoms with Crippen molar-refractivity contribution in [2.75, 3.05) is 51.3 Å². The molecule has 1 fully saturated rings. The maximum Gasteiger partial charge on any atom is 0.252 e. The summed E-state index contributed by atoms with van der Waals surface area (Å²) in [7, 11) is 1.69. The summed E-state index contributed by atoms with van der Waals surface area (Å²) in [4.78, 5) is 28.6. The number of nitrogens with zero attached hydrogens (tertiary/aromatic N) is 4. The van der Waals surface area contributed by atoms with Crippen LogP contribution < -0.4 is 15.0 Å². The van der Waals surface area contributed by atoms with Crippen molar-refractivity contribution in [1.29, 1.82) is 0 Å². The van der Waals surface area contributed by atoms with E-state index in [1.54, 1.807) is 29.8 Å². The van der Waals surface area contributed by atoms with Crippen molar-refractivity contribution in [1.82, 2.24) is 20.2 Å². The fraction of sp³-hybridized carbons (Fsp3) is 0.250. The number of nitrogens with one attached hydrogen (secondary N) is 1. The van der Waals surface area contributed by atoms with Crippen LogP contribution in [0.2, 0.25) is 0 Å². The predicted octanol–water partition coefficient (Wildman–Crippen LogP) is 5.56. The number of amides is 1. The van der Waals surface area contributed by atoms with E-state index in [-0.39, 0.29) is 18.3 Å². The Bertz CT molecular complexity index is 1550. The first kappa shape index (κ1) is 26.4. The third-order valence-corrected chi connectivity index (χ3v) is 8.66. The molecule has 0 saturated carbocycles. The molecule has 4 heterocycles. The average Bonchev–Trinajstić information content (AvgIpc) is 3.63. The van der Waals surface area contributed by atoms with Gasteiger partial charge in [0.05, 0.1) is 33.5 Å². The van der Waals surface area contributed by atoms with Crippen molar-refractivity contribution in [2.24, 2.45) is 0 Å². The van der Waals surface area contributed by atoms with Crippen LogP contribution in [0.4, 0.5) is 5.13 Å². The second kappa shape index (κ2) is 11.7. The molecule has 0 bridgehead atoms. The smallest absolute Gasteiger partial charge is 0.252 e. The quantitative estimate of drug-likeness (QED) is 0.279. The summed E-state index contributed by atoms with van der Waals surface area (Å²) in [5.74, 6) is 0.761. The van der Waals surface area contributed by atoms with E-state index in [0.717, 1.165) is 75.3 Å². The molecule has 0 radical (unpaired) electrons. The van der Waals surface area contributed by atoms with Gasteiger partial charge in [0.2, 0.25) is 0 Å². The molecule has 5 aromatic rings. The number of thiazole rings is 1. The number of aromatic nitrogens is 2. The van der Waals surface area contributed by atoms with Crippen molar-refractivity contribution in [3.63, 3.8) is 0 Å². The number of carbonyl (C=O) groups is 1. The van der Waals surface area contributed by atoms with Gasteiger partial charge >= 0.3 is 0 Å². The Morgan fingerprint density at radius 2 is 1.87 bits per heavy atom. The maximum atomic E-state index is 13.2. The first-order chi connectivity index (χ1) is 18.2. The number of hydrogen-bond acceptors (Lipinski definition) is 8. The summed E-state index contributed by atoms with van der Waals surface area (Å²) in [6.45, 7) is 5.11. The van der Waals surface area contributed by atoms with E-state index >= 15 is 0 Å². The molecule has 0 atom stereocenters. The maximum absolute atomic E-state index is 13.2. The molecule has 2 aromatic carbocycles. The number of thiophene rings is 1. The molecule has 1 saturated heterocycles. The lowest BCUT2D eigenvalue weighted by Crippen LogP contribution is -2.48. The number of carbonyl (C=O) groups excluding carboxylic acids is 1. The summed E-state index contributed by atoms with van der Waals surface area (Å²) in [6.07, 6.45) is 0. The molecule has 196 valence electrons. The third kappa shape index (κ3) is 5.33. The summed E-state index contributed by atoms with van der Waals surface area (Å²) >= 11 is 3.34. The summed E-state index contributed by atoms with van der Waals surface area (Å²) in [5.41, 5.74) is 3.27. The number of pyridine rings is 1. The molecular weight excluding hydrogens is 538 g/mol. The van der Waals surface area contributed by atoms with E-state index in [2.05, 4.69) is 21.2 Å². The minimum absolute atomic E-state index is 0. The van der Waals surface area contributed by atoms with Gasteiger partial charge in [0.25, 0.3) is 5.91 Å². The van der Waals surface area contributed by atoms with Crippen molar-refractivity contribution in [3.05, 3.63) is 71.6 Å². The molecule has 3 aromatic heterocycles. The highest BCUT2D eigenvalue weighted by Gasteiger charge is 2.21. The molecule has 38 heavy (non-hydrogen) atoms. The van der Waals surface area contributed by atoms with Crippen LogP contribution in [-0.2, 0) is 0 Å². The summed E-state index contributed by atoms with van der Waals surface area (Å²) in [5, 5.41) is 7.09. The summed E-state index contributed by atoms with van der Waals surface area (Å²) < 4.78 is 6.61. The molecule has 0 aliphatic carbocycles. The molecule has 1 aliphatic rings. The molecular formula is C28H28ClN5O2S2. The zero-order chi connectivity index (χ0) is 25.2. The number of ether oxygens (including phenoxy) is 1. The fourth-order valence-corrected chi connectivity index (χ4v) is 6.43. The number of rotatable bonds is 7. The normalized spacial score (nSPS) is 14.0. The Hall–Kier alpha value is -3.24. The predicted molar refractivity (Wildman–Crippen MR) is 159 cm³/mol. The number of anilines is 1. The van der Waals surface area contributed by atoms with Gasteiger partial charge in [-0.15, -0.1) is 23.7 Å². The second-order valence-corrected chi connectivity index (χ2v) is 10.9. The Labute approximate surface area is 235 Å². The van der Waals surface area contributed by atoms with Crippen LogP contribution in [0.5, 0.6) is 5.75 Å². The van der Waals surface area contributed by atoms with Crippen LogP contribution in [0.15, 0.2) is 66.0 Å². The Morgan fingerprint density at radius 3 is 2.66 bits per heavy atom. The van der Waals surface area contributed by atoms with Crippen LogP contribution in [0.1, 0.15) is 10.4 Å². The lowest BCUT2D eigenvalue weighted by molar-refractivity contribution is 0.0949. The van der Waals surface area contributed by atoms with Gasteiger partial charge in [-0.3, -0.25) is 9.69 Å². The van der Waals surface area contributed by atoms with Crippen LogP contribution in [0.25, 0.3) is 31.7 Å². The molecule has 1 aliphatic heterocycles. The van der Waals surface area contributed by atoms with E-state index < -0.39 is 0 Å². The second-order valence-electron chi connectivity index (χ2n) is 8.94. The van der Waals surface area contributed by atoms with E-state index in [0.29, 0.717) is 12.1 Å². The topological polar surface area (TPSA) is 70.6 Å². The highest BCUT2D eigenvalue weighted by Crippen LogP contribution is 2.34. The van der Waals surface area contributed by atoms with Gasteiger partial charge < -0.3 is 15.0 Å². The van der Waals surface area contributed by atoms with E-state index in [1.807, 2.05) is 60.0 Å². The highest BCUT2D eigenvalue weighted by molar-refractivity contribution is 7.22. The number of halogens is 1. The van der Waals surface area contributed by atoms with Gasteiger partial charge in [0.15, 0.2) is 5.13 Å². The molecule has 0 spiro atoms. The largest absolute Gasteiger partial charge is 0.494 e. The summed E-state index contributed by atoms with van der Waals surface area (Å²) in [6, 6.07) is 19.8. The molecule has 1 amide bonds. The van der Waals surface area contributed by atoms with E-state index in [4.69, 9.17) is 14.7 Å². The lowest BCUT2D eigenvalue weighted by Gasteiger charge is -2.34. The van der Waals surface area contributed by atoms with Gasteiger partial charge in [-0.25, -0.2) is 9.97 Å². The van der Waals surface area contributed by atoms with Crippen molar-refractivity contribution in [2.45, 2.75) is 0 Å². The minimum atomic E-state index is -0.0570. The number of benzene rings is 2. The van der Waals surface area contributed by atoms with Gasteiger partial charge in [0, 0.05) is 44.7 Å². The highest BCUT2D eigenvalue weighted by atomic mass is 35.5. The fourth-order valence-electron chi connectivity index (χ4n) is 4.71. The van der Waals surface area contributed by atoms with Crippen molar-refractivity contribution < 1.29 is 9.53 Å². The van der Waals surface area contributed by atoms with Gasteiger partial charge in [0.1, 0.15) is 11.3 Å². The number of methoxy groups -OCH3 is 1. The van der Waals surface area contributed by atoms with E-state index in [9.17, 15) is 4.79 Å². The molecule has 1 N–H and O–H groups in total. The van der Waals surface area contributed by atoms with Gasteiger partial charge in [-0.1, -0.05) is 41.7 Å². The van der Waals surface area contributed by atoms with Gasteiger partial charge in [-0.2, -0.15) is 0 Å². The molecule has 7 nitrogen and oxygen atoms in total. The standard InChI is InChI=1S/C28H27N5O2S2.ClH/c1-35-23-8-4-9-25-26(23)31-28(37-25)33-15-13-32(14-16-33)12-11-29-27(34)20-18-22(24-10-5-17-36-24)30-21-7-3-2-6-19(20)21;/h2-10,17-18H,11-16H2,1H3,(H,29,34);1H. The molecule has 0 unspecified atom stereocenters. The zero-order valence-electron chi connectivity index (χ0n) is 20.9. The monoisotopic (exact) mass is 565 g/mol. The SMILES string of the molecule is COc1cccc2sc(N3CCN(CCNC(=O)c4cc(-c5cccs5)nc5ccccc45)CC3)nc12.Cl. The Balaban J connectivity index is 0.00000294. The number of hydrogen-bond donors (Lipinski definition) is 1. The first-order valence-corrected chi connectivity index (χ1v) is 14.0. The average molecular weight is 566 g/mol. The Kier molecular flexibility index (Phi) is 8.09. The number of fused-ring (bicyclic) bond motifs is 2. The molecule has 6 rings (SSSR count). The van der Waals surface area contributed by atoms with E-state index in [1.165, 1.54) is 0 Å². The van der Waals surface area contributed by atoms with Crippen LogP contribution >= 0.6 is 35.1 Å². The van der Waals surface area contributed by atoms with Crippen molar-refractivity contribution >= 4 is 67.2 Å². The first-order valence-electron chi connectivity index (χ1n) is 12.3. The third-order valence-electron chi connectivity index (χ3n) is 6.68. The number of piperazine rings is 1. The Morgan fingerprint density at radius 1 is 1.03 bits per heavy atom. The molecule has 10 heteroatoms. The number of para-hydroxylation sites is 2. The van der Waals surface area contributed by atoms with Gasteiger partial charge in [-0.05, 0) is 35.7 Å².